The summed E-state index contributed by atoms with van der Waals surface area (Å²) < 4.78 is 0. The highest BCUT2D eigenvalue weighted by Crippen LogP contribution is 2.15. The van der Waals surface area contributed by atoms with Crippen LogP contribution in [0.25, 0.3) is 11.0 Å². The molecule has 1 aromatic heterocycles. The maximum atomic E-state index is 4.42. The maximum Gasteiger partial charge on any atom is 0.243 e. The Bertz CT molecular complexity index is 493. The van der Waals surface area contributed by atoms with E-state index in [4.69, 9.17) is 0 Å². The van der Waals surface area contributed by atoms with Crippen molar-refractivity contribution in [2.75, 3.05) is 5.32 Å². The Labute approximate surface area is 95.1 Å². The molecule has 1 N–H and O–H groups in total. The average molecular weight is 216 g/mol. The van der Waals surface area contributed by atoms with Crippen molar-refractivity contribution in [2.24, 2.45) is 0 Å². The summed E-state index contributed by atoms with van der Waals surface area (Å²) in [5.74, 6) is 0.588. The van der Waals surface area contributed by atoms with Crippen LogP contribution in [0.2, 0.25) is 0 Å². The van der Waals surface area contributed by atoms with Gasteiger partial charge in [-0.1, -0.05) is 19.1 Å². The molecule has 0 fully saturated rings. The van der Waals surface area contributed by atoms with Crippen LogP contribution in [0.4, 0.5) is 5.95 Å². The summed E-state index contributed by atoms with van der Waals surface area (Å²) in [4.78, 5) is 4.42. The number of hydrogen-bond donors (Lipinski definition) is 1. The number of nitrogens with zero attached hydrogens (tertiary/aromatic N) is 3. The summed E-state index contributed by atoms with van der Waals surface area (Å²) in [7, 11) is 0. The first-order chi connectivity index (χ1) is 7.61. The van der Waals surface area contributed by atoms with Crippen LogP contribution < -0.4 is 5.32 Å². The normalized spacial score (nSPS) is 11.7. The SMILES string of the molecule is CCC(C)(C)Nc1nnc2ccccc2n1. The number of hydrogen-bond acceptors (Lipinski definition) is 4. The molecule has 0 amide bonds. The van der Waals surface area contributed by atoms with Crippen molar-refractivity contribution in [3.63, 3.8) is 0 Å². The fourth-order valence-corrected chi connectivity index (χ4v) is 1.32. The first-order valence-electron chi connectivity index (χ1n) is 5.48. The summed E-state index contributed by atoms with van der Waals surface area (Å²) in [5.41, 5.74) is 1.68. The molecule has 0 bridgehead atoms. The van der Waals surface area contributed by atoms with Gasteiger partial charge in [0.05, 0.1) is 5.52 Å². The standard InChI is InChI=1S/C12H16N4/c1-4-12(2,3)14-11-13-9-7-5-6-8-10(9)15-16-11/h5-8H,4H2,1-3H3,(H,13,14,16). The Kier molecular flexibility index (Phi) is 2.73. The molecule has 4 nitrogen and oxygen atoms in total. The number of para-hydroxylation sites is 1. The van der Waals surface area contributed by atoms with Gasteiger partial charge in [0, 0.05) is 5.54 Å². The van der Waals surface area contributed by atoms with Crippen molar-refractivity contribution in [1.82, 2.24) is 15.2 Å². The van der Waals surface area contributed by atoms with Crippen molar-refractivity contribution in [3.8, 4) is 0 Å². The molecule has 1 aromatic carbocycles. The molecule has 0 saturated carbocycles. The van der Waals surface area contributed by atoms with E-state index in [1.807, 2.05) is 24.3 Å². The molecule has 0 spiro atoms. The van der Waals surface area contributed by atoms with Crippen LogP contribution in [0.15, 0.2) is 24.3 Å². The lowest BCUT2D eigenvalue weighted by Gasteiger charge is -2.23. The van der Waals surface area contributed by atoms with Crippen LogP contribution in [0.1, 0.15) is 27.2 Å². The Balaban J connectivity index is 2.33. The van der Waals surface area contributed by atoms with Crippen molar-refractivity contribution in [3.05, 3.63) is 24.3 Å². The van der Waals surface area contributed by atoms with E-state index in [1.54, 1.807) is 0 Å². The molecule has 0 aliphatic carbocycles. The molecule has 2 rings (SSSR count). The predicted octanol–water partition coefficient (Wildman–Crippen LogP) is 2.63. The fourth-order valence-electron chi connectivity index (χ4n) is 1.32. The van der Waals surface area contributed by atoms with E-state index in [0.29, 0.717) is 5.95 Å². The second kappa shape index (κ2) is 4.04. The van der Waals surface area contributed by atoms with Crippen LogP contribution in [-0.2, 0) is 0 Å². The van der Waals surface area contributed by atoms with Crippen molar-refractivity contribution < 1.29 is 0 Å². The molecule has 2 aromatic rings. The van der Waals surface area contributed by atoms with E-state index in [-0.39, 0.29) is 5.54 Å². The molecule has 1 heterocycles. The molecule has 84 valence electrons. The highest BCUT2D eigenvalue weighted by atomic mass is 15.2. The molecular formula is C12H16N4. The highest BCUT2D eigenvalue weighted by Gasteiger charge is 2.16. The van der Waals surface area contributed by atoms with Crippen LogP contribution in [0, 0.1) is 0 Å². The number of fused-ring (bicyclic) bond motifs is 1. The smallest absolute Gasteiger partial charge is 0.243 e. The van der Waals surface area contributed by atoms with Gasteiger partial charge in [-0.25, -0.2) is 4.98 Å². The molecule has 0 radical (unpaired) electrons. The number of nitrogens with one attached hydrogen (secondary N) is 1. The minimum absolute atomic E-state index is 0.00978. The van der Waals surface area contributed by atoms with E-state index in [0.717, 1.165) is 17.5 Å². The Hall–Kier alpha value is -1.71. The Morgan fingerprint density at radius 1 is 1.12 bits per heavy atom. The predicted molar refractivity (Wildman–Crippen MR) is 65.3 cm³/mol. The summed E-state index contributed by atoms with van der Waals surface area (Å²) >= 11 is 0. The largest absolute Gasteiger partial charge is 0.348 e. The second-order valence-corrected chi connectivity index (χ2v) is 4.49. The molecule has 0 saturated heterocycles. The van der Waals surface area contributed by atoms with Crippen molar-refractivity contribution >= 4 is 17.0 Å². The monoisotopic (exact) mass is 216 g/mol. The quantitative estimate of drug-likeness (QED) is 0.856. The first kappa shape index (κ1) is 10.8. The topological polar surface area (TPSA) is 50.7 Å². The summed E-state index contributed by atoms with van der Waals surface area (Å²) in [6.07, 6.45) is 1.00. The summed E-state index contributed by atoms with van der Waals surface area (Å²) in [6.45, 7) is 6.36. The van der Waals surface area contributed by atoms with E-state index < -0.39 is 0 Å². The van der Waals surface area contributed by atoms with E-state index in [2.05, 4.69) is 41.3 Å². The zero-order valence-electron chi connectivity index (χ0n) is 9.86. The molecule has 0 atom stereocenters. The lowest BCUT2D eigenvalue weighted by atomic mass is 10.0. The molecular weight excluding hydrogens is 200 g/mol. The van der Waals surface area contributed by atoms with Gasteiger partial charge < -0.3 is 5.32 Å². The summed E-state index contributed by atoms with van der Waals surface area (Å²) in [6, 6.07) is 7.73. The Morgan fingerprint density at radius 3 is 2.50 bits per heavy atom. The molecule has 4 heteroatoms. The maximum absolute atomic E-state index is 4.42. The van der Waals surface area contributed by atoms with Gasteiger partial charge in [0.25, 0.3) is 0 Å². The van der Waals surface area contributed by atoms with Crippen molar-refractivity contribution in [1.29, 1.82) is 0 Å². The van der Waals surface area contributed by atoms with Gasteiger partial charge in [-0.05, 0) is 32.4 Å². The minimum atomic E-state index is -0.00978. The lowest BCUT2D eigenvalue weighted by Crippen LogP contribution is -2.30. The fraction of sp³-hybridized carbons (Fsp3) is 0.417. The van der Waals surface area contributed by atoms with Crippen LogP contribution in [0.5, 0.6) is 0 Å². The van der Waals surface area contributed by atoms with Crippen LogP contribution in [-0.4, -0.2) is 20.7 Å². The zero-order chi connectivity index (χ0) is 11.6. The average Bonchev–Trinajstić information content (AvgIpc) is 2.28. The van der Waals surface area contributed by atoms with E-state index in [1.165, 1.54) is 0 Å². The number of benzene rings is 1. The number of anilines is 1. The van der Waals surface area contributed by atoms with Gasteiger partial charge in [-0.15, -0.1) is 10.2 Å². The molecule has 0 aliphatic heterocycles. The lowest BCUT2D eigenvalue weighted by molar-refractivity contribution is 0.541. The van der Waals surface area contributed by atoms with Crippen LogP contribution in [0.3, 0.4) is 0 Å². The van der Waals surface area contributed by atoms with E-state index in [9.17, 15) is 0 Å². The number of rotatable bonds is 3. The van der Waals surface area contributed by atoms with Gasteiger partial charge >= 0.3 is 0 Å². The van der Waals surface area contributed by atoms with Gasteiger partial charge in [0.15, 0.2) is 0 Å². The second-order valence-electron chi connectivity index (χ2n) is 4.49. The van der Waals surface area contributed by atoms with E-state index >= 15 is 0 Å². The third kappa shape index (κ3) is 2.27. The van der Waals surface area contributed by atoms with Gasteiger partial charge in [-0.3, -0.25) is 0 Å². The molecule has 0 unspecified atom stereocenters. The van der Waals surface area contributed by atoms with Gasteiger partial charge in [0.1, 0.15) is 5.52 Å². The molecule has 16 heavy (non-hydrogen) atoms. The number of aromatic nitrogens is 3. The minimum Gasteiger partial charge on any atom is -0.348 e. The third-order valence-corrected chi connectivity index (χ3v) is 2.69. The molecule has 0 aliphatic rings. The highest BCUT2D eigenvalue weighted by molar-refractivity contribution is 5.74. The van der Waals surface area contributed by atoms with Gasteiger partial charge in [0.2, 0.25) is 5.95 Å². The van der Waals surface area contributed by atoms with Gasteiger partial charge in [-0.2, -0.15) is 0 Å². The Morgan fingerprint density at radius 2 is 1.81 bits per heavy atom. The van der Waals surface area contributed by atoms with Crippen LogP contribution >= 0.6 is 0 Å². The first-order valence-corrected chi connectivity index (χ1v) is 5.48. The zero-order valence-corrected chi connectivity index (χ0v) is 9.86. The summed E-state index contributed by atoms with van der Waals surface area (Å²) in [5, 5.41) is 11.5. The van der Waals surface area contributed by atoms with Crippen molar-refractivity contribution in [2.45, 2.75) is 32.7 Å². The third-order valence-electron chi connectivity index (χ3n) is 2.69.